The average Bonchev–Trinajstić information content (AvgIpc) is 2.85. The Morgan fingerprint density at radius 2 is 1.25 bits per heavy atom. The first-order valence-electron chi connectivity index (χ1n) is 14.8. The summed E-state index contributed by atoms with van der Waals surface area (Å²) < 4.78 is 0. The fourth-order valence-corrected chi connectivity index (χ4v) is 5.90. The zero-order valence-electron chi connectivity index (χ0n) is 22.3. The second-order valence-electron chi connectivity index (χ2n) is 10.9. The van der Waals surface area contributed by atoms with E-state index in [-0.39, 0.29) is 0 Å². The first-order valence-corrected chi connectivity index (χ1v) is 14.8. The zero-order chi connectivity index (χ0) is 23.0. The number of hydrogen-bond donors (Lipinski definition) is 1. The average molecular weight is 448 g/mol. The van der Waals surface area contributed by atoms with Gasteiger partial charge >= 0.3 is 0 Å². The van der Waals surface area contributed by atoms with Gasteiger partial charge in [-0.05, 0) is 50.4 Å². The molecule has 2 aliphatic carbocycles. The molecule has 0 aromatic rings. The molecular formula is C29H57N3. The van der Waals surface area contributed by atoms with Crippen LogP contribution in [0.15, 0.2) is 4.99 Å². The highest BCUT2D eigenvalue weighted by Crippen LogP contribution is 2.30. The molecule has 2 aliphatic rings. The van der Waals surface area contributed by atoms with Gasteiger partial charge in [0.1, 0.15) is 0 Å². The molecule has 0 aliphatic heterocycles. The van der Waals surface area contributed by atoms with Gasteiger partial charge in [0, 0.05) is 25.2 Å². The molecule has 2 unspecified atom stereocenters. The normalized spacial score (nSPS) is 20.8. The molecule has 0 radical (unpaired) electrons. The second-order valence-corrected chi connectivity index (χ2v) is 10.9. The van der Waals surface area contributed by atoms with Gasteiger partial charge in [0.2, 0.25) is 0 Å². The van der Waals surface area contributed by atoms with Gasteiger partial charge in [-0.2, -0.15) is 0 Å². The van der Waals surface area contributed by atoms with E-state index in [0.717, 1.165) is 24.9 Å². The Balaban J connectivity index is 2.20. The summed E-state index contributed by atoms with van der Waals surface area (Å²) >= 11 is 0. The molecule has 1 N–H and O–H groups in total. The molecule has 2 rings (SSSR count). The van der Waals surface area contributed by atoms with Crippen LogP contribution in [0.2, 0.25) is 0 Å². The van der Waals surface area contributed by atoms with E-state index < -0.39 is 0 Å². The summed E-state index contributed by atoms with van der Waals surface area (Å²) in [6.45, 7) is 11.5. The van der Waals surface area contributed by atoms with Gasteiger partial charge in [-0.1, -0.05) is 105 Å². The van der Waals surface area contributed by atoms with E-state index in [9.17, 15) is 0 Å². The Bertz CT molecular complexity index is 459. The lowest BCUT2D eigenvalue weighted by molar-refractivity contribution is 0.151. The third-order valence-corrected chi connectivity index (χ3v) is 8.32. The van der Waals surface area contributed by atoms with Gasteiger partial charge < -0.3 is 10.2 Å². The van der Waals surface area contributed by atoms with E-state index in [1.165, 1.54) is 122 Å². The van der Waals surface area contributed by atoms with Gasteiger partial charge in [-0.15, -0.1) is 0 Å². The van der Waals surface area contributed by atoms with Crippen LogP contribution < -0.4 is 5.32 Å². The highest BCUT2D eigenvalue weighted by Gasteiger charge is 2.31. The number of nitrogens with one attached hydrogen (secondary N) is 1. The fraction of sp³-hybridized carbons (Fsp3) is 0.966. The molecule has 188 valence electrons. The molecule has 3 nitrogen and oxygen atoms in total. The van der Waals surface area contributed by atoms with Crippen molar-refractivity contribution >= 4 is 5.96 Å². The number of nitrogens with zero attached hydrogens (tertiary/aromatic N) is 2. The quantitative estimate of drug-likeness (QED) is 0.214. The van der Waals surface area contributed by atoms with E-state index in [0.29, 0.717) is 12.1 Å². The summed E-state index contributed by atoms with van der Waals surface area (Å²) in [4.78, 5) is 8.26. The van der Waals surface area contributed by atoms with Crippen LogP contribution in [0.4, 0.5) is 0 Å². The van der Waals surface area contributed by atoms with Crippen molar-refractivity contribution in [1.82, 2.24) is 10.2 Å². The summed E-state index contributed by atoms with van der Waals surface area (Å²) in [6, 6.07) is 1.43. The van der Waals surface area contributed by atoms with Crippen LogP contribution in [-0.4, -0.2) is 36.0 Å². The summed E-state index contributed by atoms with van der Waals surface area (Å²) in [7, 11) is 0. The Labute approximate surface area is 201 Å². The lowest BCUT2D eigenvalue weighted by atomic mass is 9.89. The zero-order valence-corrected chi connectivity index (χ0v) is 22.3. The molecule has 0 amide bonds. The van der Waals surface area contributed by atoms with Crippen molar-refractivity contribution in [2.45, 2.75) is 155 Å². The monoisotopic (exact) mass is 447 g/mol. The predicted molar refractivity (Wildman–Crippen MR) is 143 cm³/mol. The van der Waals surface area contributed by atoms with Crippen molar-refractivity contribution in [3.63, 3.8) is 0 Å². The van der Waals surface area contributed by atoms with Crippen LogP contribution in [0.25, 0.3) is 0 Å². The van der Waals surface area contributed by atoms with Crippen molar-refractivity contribution < 1.29 is 0 Å². The lowest BCUT2D eigenvalue weighted by Crippen LogP contribution is -2.54. The molecule has 2 saturated carbocycles. The Morgan fingerprint density at radius 1 is 0.750 bits per heavy atom. The molecule has 0 aromatic carbocycles. The first kappa shape index (κ1) is 27.5. The van der Waals surface area contributed by atoms with E-state index in [1.807, 2.05) is 0 Å². The third kappa shape index (κ3) is 9.64. The van der Waals surface area contributed by atoms with Crippen LogP contribution in [0.3, 0.4) is 0 Å². The third-order valence-electron chi connectivity index (χ3n) is 8.32. The molecule has 3 heteroatoms. The minimum atomic E-state index is 0.713. The Morgan fingerprint density at radius 3 is 1.72 bits per heavy atom. The number of guanidine groups is 1. The number of hydrogen-bond acceptors (Lipinski definition) is 1. The minimum Gasteiger partial charge on any atom is -0.356 e. The Hall–Kier alpha value is -0.730. The summed E-state index contributed by atoms with van der Waals surface area (Å²) in [5.74, 6) is 2.81. The largest absolute Gasteiger partial charge is 0.356 e. The van der Waals surface area contributed by atoms with Crippen LogP contribution in [0.1, 0.15) is 143 Å². The number of unbranched alkanes of at least 4 members (excludes halogenated alkanes) is 2. The van der Waals surface area contributed by atoms with E-state index in [1.54, 1.807) is 0 Å². The van der Waals surface area contributed by atoms with Crippen molar-refractivity contribution in [1.29, 1.82) is 0 Å². The second kappa shape index (κ2) is 16.8. The van der Waals surface area contributed by atoms with Gasteiger partial charge in [-0.25, -0.2) is 0 Å². The maximum atomic E-state index is 5.42. The topological polar surface area (TPSA) is 27.6 Å². The summed E-state index contributed by atoms with van der Waals surface area (Å²) in [6.07, 6.45) is 24.5. The van der Waals surface area contributed by atoms with Crippen molar-refractivity contribution in [3.05, 3.63) is 0 Å². The van der Waals surface area contributed by atoms with Crippen LogP contribution in [0.5, 0.6) is 0 Å². The van der Waals surface area contributed by atoms with Crippen molar-refractivity contribution in [2.75, 3.05) is 13.1 Å². The highest BCUT2D eigenvalue weighted by atomic mass is 15.3. The minimum absolute atomic E-state index is 0.713. The van der Waals surface area contributed by atoms with Crippen molar-refractivity contribution in [2.24, 2.45) is 16.8 Å². The van der Waals surface area contributed by atoms with Crippen LogP contribution in [-0.2, 0) is 0 Å². The van der Waals surface area contributed by atoms with Gasteiger partial charge in [0.15, 0.2) is 5.96 Å². The van der Waals surface area contributed by atoms with Crippen LogP contribution >= 0.6 is 0 Å². The number of aliphatic imine (C=N–C) groups is 1. The van der Waals surface area contributed by atoms with Gasteiger partial charge in [0.05, 0.1) is 0 Å². The molecule has 2 fully saturated rings. The molecule has 0 saturated heterocycles. The molecule has 0 spiro atoms. The SMILES string of the molecule is CCCCC(CC)CN=C(NCC(CC)CCCC)N(C1CCCCC1)C1CCCCC1. The Kier molecular flexibility index (Phi) is 14.5. The van der Waals surface area contributed by atoms with E-state index in [2.05, 4.69) is 37.9 Å². The van der Waals surface area contributed by atoms with Crippen LogP contribution in [0, 0.1) is 11.8 Å². The van der Waals surface area contributed by atoms with Gasteiger partial charge in [0.25, 0.3) is 0 Å². The highest BCUT2D eigenvalue weighted by molar-refractivity contribution is 5.80. The predicted octanol–water partition coefficient (Wildman–Crippen LogP) is 8.33. The van der Waals surface area contributed by atoms with Gasteiger partial charge in [-0.3, -0.25) is 4.99 Å². The molecule has 0 aromatic heterocycles. The molecule has 0 heterocycles. The maximum Gasteiger partial charge on any atom is 0.194 e. The van der Waals surface area contributed by atoms with E-state index in [4.69, 9.17) is 4.99 Å². The van der Waals surface area contributed by atoms with E-state index >= 15 is 0 Å². The first-order chi connectivity index (χ1) is 15.7. The molecule has 32 heavy (non-hydrogen) atoms. The standard InChI is InChI=1S/C29H57N3/c1-5-9-17-25(7-3)23-30-29(31-24-26(8-4)18-10-6-2)32(27-19-13-11-14-20-27)28-21-15-12-16-22-28/h25-28H,5-24H2,1-4H3,(H,30,31). The maximum absolute atomic E-state index is 5.42. The molecule has 0 bridgehead atoms. The lowest BCUT2D eigenvalue weighted by Gasteiger charge is -2.44. The smallest absolute Gasteiger partial charge is 0.194 e. The summed E-state index contributed by atoms with van der Waals surface area (Å²) in [5.41, 5.74) is 0. The fourth-order valence-electron chi connectivity index (χ4n) is 5.90. The molecule has 2 atom stereocenters. The molecular weight excluding hydrogens is 390 g/mol. The number of rotatable bonds is 14. The summed E-state index contributed by atoms with van der Waals surface area (Å²) in [5, 5.41) is 3.99. The van der Waals surface area contributed by atoms with Crippen molar-refractivity contribution in [3.8, 4) is 0 Å².